The zero-order chi connectivity index (χ0) is 18.0. The van der Waals surface area contributed by atoms with E-state index in [4.69, 9.17) is 11.6 Å². The molecule has 7 nitrogen and oxygen atoms in total. The molecule has 0 saturated carbocycles. The average molecular weight is 377 g/mol. The first-order valence-electron chi connectivity index (χ1n) is 7.21. The second-order valence-corrected chi connectivity index (χ2v) is 6.44. The first kappa shape index (κ1) is 17.2. The smallest absolute Gasteiger partial charge is 0.334 e. The number of pyridine rings is 1. The minimum absolute atomic E-state index is 0.0985. The standard InChI is InChI=1S/C16H13ClN4O3S/c1-25-9-10-8-11(5-6-12(10)17)18-15-14(21(23)24)16(22)20-7-3-2-4-13(20)19-15/h2-8,18H,9H2,1H3. The van der Waals surface area contributed by atoms with Gasteiger partial charge in [0.25, 0.3) is 0 Å². The zero-order valence-corrected chi connectivity index (χ0v) is 14.7. The van der Waals surface area contributed by atoms with Crippen LogP contribution in [0.4, 0.5) is 17.2 Å². The van der Waals surface area contributed by atoms with Gasteiger partial charge in [-0.1, -0.05) is 17.7 Å². The molecule has 2 aromatic heterocycles. The van der Waals surface area contributed by atoms with Gasteiger partial charge in [0.05, 0.1) is 4.92 Å². The average Bonchev–Trinajstić information content (AvgIpc) is 2.58. The third-order valence-electron chi connectivity index (χ3n) is 3.50. The number of benzene rings is 1. The monoisotopic (exact) mass is 376 g/mol. The van der Waals surface area contributed by atoms with E-state index in [0.717, 1.165) is 9.96 Å². The summed E-state index contributed by atoms with van der Waals surface area (Å²) < 4.78 is 1.14. The maximum Gasteiger partial charge on any atom is 0.376 e. The molecule has 128 valence electrons. The lowest BCUT2D eigenvalue weighted by Gasteiger charge is -2.10. The Hall–Kier alpha value is -2.58. The molecular formula is C16H13ClN4O3S. The van der Waals surface area contributed by atoms with Crippen LogP contribution < -0.4 is 10.9 Å². The van der Waals surface area contributed by atoms with Crippen molar-refractivity contribution < 1.29 is 4.92 Å². The highest BCUT2D eigenvalue weighted by Gasteiger charge is 2.23. The molecule has 3 rings (SSSR count). The van der Waals surface area contributed by atoms with Gasteiger partial charge in [0.15, 0.2) is 0 Å². The molecule has 1 N–H and O–H groups in total. The molecule has 0 bridgehead atoms. The molecule has 1 aromatic carbocycles. The minimum Gasteiger partial charge on any atom is -0.334 e. The van der Waals surface area contributed by atoms with Crippen molar-refractivity contribution >= 4 is 46.2 Å². The van der Waals surface area contributed by atoms with E-state index >= 15 is 0 Å². The first-order valence-corrected chi connectivity index (χ1v) is 8.98. The van der Waals surface area contributed by atoms with Gasteiger partial charge in [-0.2, -0.15) is 11.8 Å². The van der Waals surface area contributed by atoms with Crippen LogP contribution in [0, 0.1) is 10.1 Å². The number of fused-ring (bicyclic) bond motifs is 1. The molecule has 0 unspecified atom stereocenters. The molecule has 3 aromatic rings. The lowest BCUT2D eigenvalue weighted by Crippen LogP contribution is -2.20. The Kier molecular flexibility index (Phi) is 4.91. The lowest BCUT2D eigenvalue weighted by molar-refractivity contribution is -0.385. The third-order valence-corrected chi connectivity index (χ3v) is 4.47. The third kappa shape index (κ3) is 3.45. The van der Waals surface area contributed by atoms with E-state index in [1.165, 1.54) is 6.20 Å². The van der Waals surface area contributed by atoms with Crippen molar-refractivity contribution in [3.63, 3.8) is 0 Å². The van der Waals surface area contributed by atoms with Crippen LogP contribution in [-0.2, 0) is 5.75 Å². The lowest BCUT2D eigenvalue weighted by atomic mass is 10.2. The molecule has 25 heavy (non-hydrogen) atoms. The number of rotatable bonds is 5. The molecule has 9 heteroatoms. The fraction of sp³-hybridized carbons (Fsp3) is 0.125. The molecule has 0 spiro atoms. The Bertz CT molecular complexity index is 1020. The molecule has 0 radical (unpaired) electrons. The fourth-order valence-electron chi connectivity index (χ4n) is 2.39. The summed E-state index contributed by atoms with van der Waals surface area (Å²) in [4.78, 5) is 27.3. The van der Waals surface area contributed by atoms with Crippen molar-refractivity contribution in [3.8, 4) is 0 Å². The molecule has 0 fully saturated rings. The number of nitrogens with zero attached hydrogens (tertiary/aromatic N) is 3. The summed E-state index contributed by atoms with van der Waals surface area (Å²) in [5.74, 6) is 0.600. The summed E-state index contributed by atoms with van der Waals surface area (Å²) >= 11 is 7.75. The van der Waals surface area contributed by atoms with Crippen molar-refractivity contribution in [2.45, 2.75) is 5.75 Å². The maximum absolute atomic E-state index is 12.4. The van der Waals surface area contributed by atoms with Gasteiger partial charge >= 0.3 is 11.2 Å². The predicted molar refractivity (Wildman–Crippen MR) is 100 cm³/mol. The number of anilines is 2. The summed E-state index contributed by atoms with van der Waals surface area (Å²) in [6.45, 7) is 0. The second kappa shape index (κ2) is 7.12. The predicted octanol–water partition coefficient (Wildman–Crippen LogP) is 3.86. The van der Waals surface area contributed by atoms with Crippen molar-refractivity contribution in [1.29, 1.82) is 0 Å². The number of aromatic nitrogens is 2. The number of hydrogen-bond donors (Lipinski definition) is 1. The zero-order valence-electron chi connectivity index (χ0n) is 13.1. The Balaban J connectivity index is 2.12. The van der Waals surface area contributed by atoms with Gasteiger partial charge in [0.2, 0.25) is 5.82 Å². The first-order chi connectivity index (χ1) is 12.0. The van der Waals surface area contributed by atoms with Crippen LogP contribution in [0.1, 0.15) is 5.56 Å². The molecule has 0 aliphatic heterocycles. The van der Waals surface area contributed by atoms with E-state index < -0.39 is 16.2 Å². The molecule has 0 aliphatic rings. The summed E-state index contributed by atoms with van der Waals surface area (Å²) in [7, 11) is 0. The summed E-state index contributed by atoms with van der Waals surface area (Å²) in [5.41, 5.74) is 0.434. The highest BCUT2D eigenvalue weighted by atomic mass is 35.5. The van der Waals surface area contributed by atoms with Gasteiger partial charge < -0.3 is 5.32 Å². The quantitative estimate of drug-likeness (QED) is 0.537. The topological polar surface area (TPSA) is 89.5 Å². The molecule has 0 amide bonds. The molecule has 0 atom stereocenters. The SMILES string of the molecule is CSCc1cc(Nc2nc3ccccn3c(=O)c2[N+](=O)[O-])ccc1Cl. The van der Waals surface area contributed by atoms with Crippen molar-refractivity contribution in [2.75, 3.05) is 11.6 Å². The van der Waals surface area contributed by atoms with E-state index in [-0.39, 0.29) is 5.82 Å². The number of halogens is 1. The highest BCUT2D eigenvalue weighted by molar-refractivity contribution is 7.97. The molecule has 0 saturated heterocycles. The maximum atomic E-state index is 12.4. The molecular weight excluding hydrogens is 364 g/mol. The highest BCUT2D eigenvalue weighted by Crippen LogP contribution is 2.27. The molecule has 0 aliphatic carbocycles. The van der Waals surface area contributed by atoms with E-state index in [9.17, 15) is 14.9 Å². The van der Waals surface area contributed by atoms with Crippen LogP contribution in [0.5, 0.6) is 0 Å². The van der Waals surface area contributed by atoms with E-state index in [2.05, 4.69) is 10.3 Å². The number of thioether (sulfide) groups is 1. The Morgan fingerprint density at radius 2 is 2.16 bits per heavy atom. The van der Waals surface area contributed by atoms with Gasteiger partial charge in [0.1, 0.15) is 5.65 Å². The number of nitrogens with one attached hydrogen (secondary N) is 1. The van der Waals surface area contributed by atoms with E-state index in [1.54, 1.807) is 48.2 Å². The van der Waals surface area contributed by atoms with Crippen LogP contribution in [0.2, 0.25) is 5.02 Å². The fourth-order valence-corrected chi connectivity index (χ4v) is 3.20. The Morgan fingerprint density at radius 3 is 2.88 bits per heavy atom. The number of nitro groups is 1. The van der Waals surface area contributed by atoms with Crippen LogP contribution >= 0.6 is 23.4 Å². The Morgan fingerprint density at radius 1 is 1.36 bits per heavy atom. The van der Waals surface area contributed by atoms with Crippen LogP contribution in [-0.4, -0.2) is 20.6 Å². The van der Waals surface area contributed by atoms with Gasteiger partial charge in [-0.25, -0.2) is 4.98 Å². The Labute approximate surface area is 151 Å². The minimum atomic E-state index is -0.739. The summed E-state index contributed by atoms with van der Waals surface area (Å²) in [6, 6.07) is 10.1. The van der Waals surface area contributed by atoms with Crippen molar-refractivity contribution in [2.24, 2.45) is 0 Å². The van der Waals surface area contributed by atoms with Crippen LogP contribution in [0.15, 0.2) is 47.4 Å². The van der Waals surface area contributed by atoms with Gasteiger partial charge in [-0.3, -0.25) is 19.3 Å². The van der Waals surface area contributed by atoms with Gasteiger partial charge in [-0.05, 0) is 42.2 Å². The van der Waals surface area contributed by atoms with Crippen molar-refractivity contribution in [1.82, 2.24) is 9.38 Å². The van der Waals surface area contributed by atoms with Crippen LogP contribution in [0.3, 0.4) is 0 Å². The van der Waals surface area contributed by atoms with E-state index in [1.807, 2.05) is 6.26 Å². The normalized spacial score (nSPS) is 10.8. The molecule has 2 heterocycles. The largest absolute Gasteiger partial charge is 0.376 e. The van der Waals surface area contributed by atoms with Crippen molar-refractivity contribution in [3.05, 3.63) is 73.6 Å². The van der Waals surface area contributed by atoms with E-state index in [0.29, 0.717) is 22.1 Å². The van der Waals surface area contributed by atoms with Gasteiger partial charge in [0, 0.05) is 22.7 Å². The summed E-state index contributed by atoms with van der Waals surface area (Å²) in [6.07, 6.45) is 3.40. The number of hydrogen-bond acceptors (Lipinski definition) is 6. The van der Waals surface area contributed by atoms with Gasteiger partial charge in [-0.15, -0.1) is 0 Å². The second-order valence-electron chi connectivity index (χ2n) is 5.16. The van der Waals surface area contributed by atoms with Crippen LogP contribution in [0.25, 0.3) is 5.65 Å². The summed E-state index contributed by atoms with van der Waals surface area (Å²) in [5, 5.41) is 14.9.